The van der Waals surface area contributed by atoms with Crippen molar-refractivity contribution in [1.82, 2.24) is 30.6 Å². The van der Waals surface area contributed by atoms with E-state index < -0.39 is 42.8 Å². The number of nitrogens with zero attached hydrogens (tertiary/aromatic N) is 5. The minimum absolute atomic E-state index is 0.00221. The molecule has 0 bridgehead atoms. The second-order valence-corrected chi connectivity index (χ2v) is 7.97. The maximum atomic E-state index is 12.7. The quantitative estimate of drug-likeness (QED) is 0.188. The summed E-state index contributed by atoms with van der Waals surface area (Å²) in [5, 5.41) is 22.2. The number of carboxylic acids is 2. The first-order chi connectivity index (χ1) is 17.5. The van der Waals surface area contributed by atoms with Gasteiger partial charge in [-0.3, -0.25) is 19.2 Å². The smallest absolute Gasteiger partial charge is 0.322 e. The third-order valence-electron chi connectivity index (χ3n) is 5.15. The van der Waals surface area contributed by atoms with Crippen molar-refractivity contribution in [3.8, 4) is 0 Å². The monoisotopic (exact) mass is 511 g/mol. The molecule has 0 aliphatic rings. The predicted molar refractivity (Wildman–Crippen MR) is 131 cm³/mol. The van der Waals surface area contributed by atoms with Gasteiger partial charge in [-0.25, -0.2) is 9.97 Å². The minimum Gasteiger partial charge on any atom is -0.481 e. The maximum absolute atomic E-state index is 12.7. The number of carboxylic acid groups (broad SMARTS) is 2. The summed E-state index contributed by atoms with van der Waals surface area (Å²) in [6.45, 7) is -0.312. The van der Waals surface area contributed by atoms with Crippen molar-refractivity contribution in [3.05, 3.63) is 41.7 Å². The normalized spacial score (nSPS) is 11.5. The zero-order chi connectivity index (χ0) is 27.1. The first-order valence-electron chi connectivity index (χ1n) is 10.9. The molecule has 0 spiro atoms. The molecule has 0 aliphatic carbocycles. The van der Waals surface area contributed by atoms with Crippen molar-refractivity contribution < 1.29 is 29.4 Å². The molecule has 0 radical (unpaired) electrons. The molecule has 1 atom stereocenters. The number of fused-ring (bicyclic) bond motifs is 1. The van der Waals surface area contributed by atoms with E-state index in [2.05, 4.69) is 30.6 Å². The average molecular weight is 511 g/mol. The van der Waals surface area contributed by atoms with E-state index in [1.807, 2.05) is 4.90 Å². The Kier molecular flexibility index (Phi) is 8.29. The maximum Gasteiger partial charge on any atom is 0.322 e. The summed E-state index contributed by atoms with van der Waals surface area (Å²) in [5.41, 5.74) is 13.6. The molecule has 0 saturated carbocycles. The summed E-state index contributed by atoms with van der Waals surface area (Å²) in [7, 11) is 1.80. The Morgan fingerprint density at radius 2 is 1.73 bits per heavy atom. The Labute approximate surface area is 209 Å². The van der Waals surface area contributed by atoms with E-state index in [1.165, 1.54) is 12.1 Å². The second-order valence-electron chi connectivity index (χ2n) is 7.97. The van der Waals surface area contributed by atoms with Crippen LogP contribution in [0.25, 0.3) is 11.2 Å². The third kappa shape index (κ3) is 7.20. The standard InChI is InChI=1S/C22H25N9O6/c1-31(10-12-8-25-19-17(27-12)18(23)29-22(24)30-19)13-4-2-11(3-5-13)20(36)28-14(6-7-15(32)33)21(37)26-9-16(34)35/h2-5,8,14H,6-7,9-10H2,1H3,(H,26,37)(H,28,36)(H,32,33)(H,34,35)(H4,23,24,25,29,30). The number of nitrogens with one attached hydrogen (secondary N) is 2. The van der Waals surface area contributed by atoms with Gasteiger partial charge in [0.15, 0.2) is 17.0 Å². The number of nitrogens with two attached hydrogens (primary N) is 2. The molecule has 37 heavy (non-hydrogen) atoms. The van der Waals surface area contributed by atoms with Crippen molar-refractivity contribution in [2.24, 2.45) is 0 Å². The van der Waals surface area contributed by atoms with E-state index in [0.29, 0.717) is 17.8 Å². The Bertz CT molecular complexity index is 1330. The van der Waals surface area contributed by atoms with Crippen molar-refractivity contribution >= 4 is 52.4 Å². The first kappa shape index (κ1) is 26.5. The van der Waals surface area contributed by atoms with Gasteiger partial charge in [-0.05, 0) is 30.7 Å². The Morgan fingerprint density at radius 3 is 2.38 bits per heavy atom. The molecule has 15 heteroatoms. The molecule has 8 N–H and O–H groups in total. The number of hydrogen-bond donors (Lipinski definition) is 6. The van der Waals surface area contributed by atoms with Gasteiger partial charge >= 0.3 is 11.9 Å². The largest absolute Gasteiger partial charge is 0.481 e. The lowest BCUT2D eigenvalue weighted by Gasteiger charge is -2.20. The molecular weight excluding hydrogens is 486 g/mol. The molecule has 2 aromatic heterocycles. The fraction of sp³-hybridized carbons (Fsp3) is 0.273. The van der Waals surface area contributed by atoms with E-state index in [0.717, 1.165) is 5.69 Å². The predicted octanol–water partition coefficient (Wildman–Crippen LogP) is -0.615. The topological polar surface area (TPSA) is 240 Å². The minimum atomic E-state index is -1.27. The van der Waals surface area contributed by atoms with E-state index in [4.69, 9.17) is 21.7 Å². The molecule has 15 nitrogen and oxygen atoms in total. The number of hydrogen-bond acceptors (Lipinski definition) is 11. The fourth-order valence-corrected chi connectivity index (χ4v) is 3.32. The number of benzene rings is 1. The van der Waals surface area contributed by atoms with E-state index >= 15 is 0 Å². The summed E-state index contributed by atoms with van der Waals surface area (Å²) in [6.07, 6.45) is 0.944. The van der Waals surface area contributed by atoms with Gasteiger partial charge in [0, 0.05) is 24.7 Å². The van der Waals surface area contributed by atoms with Crippen LogP contribution in [0.2, 0.25) is 0 Å². The van der Waals surface area contributed by atoms with Gasteiger partial charge in [0.05, 0.1) is 18.4 Å². The second kappa shape index (κ2) is 11.6. The molecule has 1 unspecified atom stereocenters. The zero-order valence-electron chi connectivity index (χ0n) is 19.7. The highest BCUT2D eigenvalue weighted by Gasteiger charge is 2.23. The Morgan fingerprint density at radius 1 is 1.03 bits per heavy atom. The lowest BCUT2D eigenvalue weighted by Crippen LogP contribution is -2.48. The fourth-order valence-electron chi connectivity index (χ4n) is 3.32. The van der Waals surface area contributed by atoms with Crippen molar-refractivity contribution in [2.75, 3.05) is 30.0 Å². The average Bonchev–Trinajstić information content (AvgIpc) is 2.85. The van der Waals surface area contributed by atoms with Crippen LogP contribution in [0, 0.1) is 0 Å². The molecule has 3 aromatic rings. The van der Waals surface area contributed by atoms with Gasteiger partial charge in [-0.15, -0.1) is 0 Å². The highest BCUT2D eigenvalue weighted by Crippen LogP contribution is 2.19. The summed E-state index contributed by atoms with van der Waals surface area (Å²) in [4.78, 5) is 64.9. The van der Waals surface area contributed by atoms with E-state index in [1.54, 1.807) is 25.4 Å². The van der Waals surface area contributed by atoms with Gasteiger partial charge in [-0.1, -0.05) is 0 Å². The van der Waals surface area contributed by atoms with Gasteiger partial charge < -0.3 is 37.2 Å². The van der Waals surface area contributed by atoms with Gasteiger partial charge in [0.25, 0.3) is 5.91 Å². The third-order valence-corrected chi connectivity index (χ3v) is 5.15. The number of anilines is 3. The Hall–Kier alpha value is -5.08. The number of aromatic nitrogens is 4. The lowest BCUT2D eigenvalue weighted by atomic mass is 10.1. The first-order valence-corrected chi connectivity index (χ1v) is 10.9. The molecule has 0 fully saturated rings. The van der Waals surface area contributed by atoms with Crippen LogP contribution in [-0.2, 0) is 20.9 Å². The van der Waals surface area contributed by atoms with Crippen LogP contribution >= 0.6 is 0 Å². The van der Waals surface area contributed by atoms with Crippen LogP contribution in [0.4, 0.5) is 17.5 Å². The molecule has 3 rings (SSSR count). The molecule has 0 saturated heterocycles. The Balaban J connectivity index is 1.67. The van der Waals surface area contributed by atoms with Gasteiger partial charge in [0.1, 0.15) is 12.6 Å². The summed E-state index contributed by atoms with van der Waals surface area (Å²) < 4.78 is 0. The molecule has 2 heterocycles. The number of rotatable bonds is 11. The summed E-state index contributed by atoms with van der Waals surface area (Å²) >= 11 is 0. The van der Waals surface area contributed by atoms with Crippen molar-refractivity contribution in [1.29, 1.82) is 0 Å². The number of nitrogen functional groups attached to an aromatic ring is 2. The van der Waals surface area contributed by atoms with Gasteiger partial charge in [0.2, 0.25) is 11.9 Å². The highest BCUT2D eigenvalue weighted by molar-refractivity contribution is 5.98. The van der Waals surface area contributed by atoms with Gasteiger partial charge in [-0.2, -0.15) is 9.97 Å². The number of amides is 2. The number of aliphatic carboxylic acids is 2. The van der Waals surface area contributed by atoms with Crippen LogP contribution in [0.15, 0.2) is 30.5 Å². The summed E-state index contributed by atoms with van der Waals surface area (Å²) in [5.74, 6) is -3.72. The summed E-state index contributed by atoms with van der Waals surface area (Å²) in [6, 6.07) is 5.20. The molecule has 194 valence electrons. The number of carbonyl (C=O) groups excluding carboxylic acids is 2. The molecule has 2 amide bonds. The SMILES string of the molecule is CN(Cc1cnc2nc(N)nc(N)c2n1)c1ccc(C(=O)NC(CCC(=O)O)C(=O)NCC(=O)O)cc1. The molecule has 0 aliphatic heterocycles. The van der Waals surface area contributed by atoms with Crippen LogP contribution in [-0.4, -0.2) is 73.5 Å². The highest BCUT2D eigenvalue weighted by atomic mass is 16.4. The number of carbonyl (C=O) groups is 4. The van der Waals surface area contributed by atoms with Crippen LogP contribution < -0.4 is 27.0 Å². The van der Waals surface area contributed by atoms with Crippen molar-refractivity contribution in [2.45, 2.75) is 25.4 Å². The van der Waals surface area contributed by atoms with E-state index in [-0.39, 0.29) is 29.4 Å². The van der Waals surface area contributed by atoms with E-state index in [9.17, 15) is 19.2 Å². The van der Waals surface area contributed by atoms with Crippen molar-refractivity contribution in [3.63, 3.8) is 0 Å². The lowest BCUT2D eigenvalue weighted by molar-refractivity contribution is -0.139. The molecule has 1 aromatic carbocycles. The van der Waals surface area contributed by atoms with Crippen LogP contribution in [0.1, 0.15) is 28.9 Å². The molecular formula is C22H25N9O6. The van der Waals surface area contributed by atoms with Crippen LogP contribution in [0.3, 0.4) is 0 Å². The van der Waals surface area contributed by atoms with Crippen LogP contribution in [0.5, 0.6) is 0 Å². The zero-order valence-corrected chi connectivity index (χ0v) is 19.7.